The molecule has 0 heterocycles. The van der Waals surface area contributed by atoms with Gasteiger partial charge in [-0.3, -0.25) is 0 Å². The number of aliphatic hydroxyl groups is 1. The molecule has 0 aliphatic heterocycles. The third kappa shape index (κ3) is 3.22. The highest BCUT2D eigenvalue weighted by atomic mass is 35.5. The molecule has 0 aliphatic carbocycles. The third-order valence-electron chi connectivity index (χ3n) is 1.58. The average molecular weight is 233 g/mol. The topological polar surface area (TPSA) is 29.5 Å². The first-order valence-corrected chi connectivity index (χ1v) is 4.74. The maximum absolute atomic E-state index is 9.01. The van der Waals surface area contributed by atoms with Crippen LogP contribution in [-0.2, 0) is 6.61 Å². The van der Waals surface area contributed by atoms with E-state index in [-0.39, 0.29) is 13.2 Å². The predicted molar refractivity (Wildman–Crippen MR) is 57.9 cm³/mol. The van der Waals surface area contributed by atoms with Crippen LogP contribution >= 0.6 is 23.2 Å². The van der Waals surface area contributed by atoms with Crippen LogP contribution in [0.1, 0.15) is 5.56 Å². The normalized spacial score (nSPS) is 9.93. The van der Waals surface area contributed by atoms with Gasteiger partial charge in [-0.05, 0) is 18.2 Å². The lowest BCUT2D eigenvalue weighted by atomic mass is 10.2. The summed E-state index contributed by atoms with van der Waals surface area (Å²) < 4.78 is 5.29. The summed E-state index contributed by atoms with van der Waals surface area (Å²) in [6, 6.07) is 5.02. The minimum absolute atomic E-state index is 0.120. The lowest BCUT2D eigenvalue weighted by molar-refractivity contribution is 0.269. The third-order valence-corrected chi connectivity index (χ3v) is 1.92. The van der Waals surface area contributed by atoms with E-state index in [9.17, 15) is 0 Å². The fourth-order valence-corrected chi connectivity index (χ4v) is 1.22. The highest BCUT2D eigenvalue weighted by Crippen LogP contribution is 2.23. The highest BCUT2D eigenvalue weighted by molar-refractivity contribution is 6.30. The Hall–Kier alpha value is -0.700. The fourth-order valence-electron chi connectivity index (χ4n) is 0.968. The summed E-state index contributed by atoms with van der Waals surface area (Å²) in [4.78, 5) is 0. The number of ether oxygens (including phenoxy) is 1. The van der Waals surface area contributed by atoms with Crippen LogP contribution in [0.5, 0.6) is 5.75 Å². The van der Waals surface area contributed by atoms with E-state index in [4.69, 9.17) is 33.0 Å². The first kappa shape index (κ1) is 11.4. The van der Waals surface area contributed by atoms with Crippen molar-refractivity contribution in [2.75, 3.05) is 6.61 Å². The number of halogens is 2. The molecule has 0 fully saturated rings. The molecule has 0 atom stereocenters. The number of hydrogen-bond donors (Lipinski definition) is 1. The van der Waals surface area contributed by atoms with Crippen molar-refractivity contribution in [3.63, 3.8) is 0 Å². The summed E-state index contributed by atoms with van der Waals surface area (Å²) in [5.41, 5.74) is 0.635. The molecule has 0 bridgehead atoms. The summed E-state index contributed by atoms with van der Waals surface area (Å²) in [6.07, 6.45) is 0. The van der Waals surface area contributed by atoms with Crippen molar-refractivity contribution in [1.82, 2.24) is 0 Å². The first-order chi connectivity index (χ1) is 6.63. The van der Waals surface area contributed by atoms with Crippen molar-refractivity contribution in [2.45, 2.75) is 6.61 Å². The summed E-state index contributed by atoms with van der Waals surface area (Å²) >= 11 is 11.3. The Labute approximate surface area is 92.7 Å². The second-order valence-corrected chi connectivity index (χ2v) is 3.69. The van der Waals surface area contributed by atoms with Crippen molar-refractivity contribution >= 4 is 23.2 Å². The number of rotatable bonds is 4. The van der Waals surface area contributed by atoms with E-state index in [1.165, 1.54) is 0 Å². The van der Waals surface area contributed by atoms with Crippen LogP contribution in [0.25, 0.3) is 0 Å². The molecule has 0 saturated carbocycles. The number of aliphatic hydroxyl groups excluding tert-OH is 1. The Morgan fingerprint density at radius 3 is 2.79 bits per heavy atom. The van der Waals surface area contributed by atoms with E-state index < -0.39 is 0 Å². The Kier molecular flexibility index (Phi) is 4.26. The summed E-state index contributed by atoms with van der Waals surface area (Å²) in [5, 5.41) is 9.98. The molecular formula is C10H10Cl2O2. The quantitative estimate of drug-likeness (QED) is 0.866. The van der Waals surface area contributed by atoms with Crippen LogP contribution in [0.2, 0.25) is 5.02 Å². The zero-order valence-electron chi connectivity index (χ0n) is 7.46. The van der Waals surface area contributed by atoms with Gasteiger partial charge in [0, 0.05) is 15.6 Å². The van der Waals surface area contributed by atoms with Gasteiger partial charge in [-0.15, -0.1) is 0 Å². The van der Waals surface area contributed by atoms with Gasteiger partial charge in [0.1, 0.15) is 12.4 Å². The van der Waals surface area contributed by atoms with Crippen LogP contribution in [-0.4, -0.2) is 11.7 Å². The van der Waals surface area contributed by atoms with E-state index in [0.29, 0.717) is 21.4 Å². The summed E-state index contributed by atoms with van der Waals surface area (Å²) in [7, 11) is 0. The van der Waals surface area contributed by atoms with Crippen molar-refractivity contribution < 1.29 is 9.84 Å². The van der Waals surface area contributed by atoms with Crippen LogP contribution in [0, 0.1) is 0 Å². The molecule has 1 rings (SSSR count). The molecule has 1 aromatic carbocycles. The lowest BCUT2D eigenvalue weighted by Gasteiger charge is -2.09. The van der Waals surface area contributed by atoms with E-state index in [0.717, 1.165) is 0 Å². The molecular weight excluding hydrogens is 223 g/mol. The molecule has 2 nitrogen and oxygen atoms in total. The van der Waals surface area contributed by atoms with Crippen LogP contribution < -0.4 is 4.74 Å². The zero-order chi connectivity index (χ0) is 10.6. The molecule has 0 amide bonds. The molecule has 0 unspecified atom stereocenters. The largest absolute Gasteiger partial charge is 0.488 e. The van der Waals surface area contributed by atoms with Crippen molar-refractivity contribution in [2.24, 2.45) is 0 Å². The van der Waals surface area contributed by atoms with Crippen molar-refractivity contribution in [3.05, 3.63) is 40.4 Å². The summed E-state index contributed by atoms with van der Waals surface area (Å²) in [5.74, 6) is 0.568. The second-order valence-electron chi connectivity index (χ2n) is 2.72. The molecule has 0 spiro atoms. The van der Waals surface area contributed by atoms with Gasteiger partial charge in [-0.25, -0.2) is 0 Å². The Morgan fingerprint density at radius 1 is 1.50 bits per heavy atom. The minimum Gasteiger partial charge on any atom is -0.488 e. The van der Waals surface area contributed by atoms with Crippen LogP contribution in [0.3, 0.4) is 0 Å². The van der Waals surface area contributed by atoms with Gasteiger partial charge in [-0.1, -0.05) is 29.8 Å². The van der Waals surface area contributed by atoms with E-state index in [1.54, 1.807) is 18.2 Å². The van der Waals surface area contributed by atoms with E-state index in [2.05, 4.69) is 6.58 Å². The molecule has 0 aliphatic rings. The van der Waals surface area contributed by atoms with Gasteiger partial charge < -0.3 is 9.84 Å². The molecule has 1 N–H and O–H groups in total. The maximum atomic E-state index is 9.01. The monoisotopic (exact) mass is 232 g/mol. The van der Waals surface area contributed by atoms with Gasteiger partial charge in [-0.2, -0.15) is 0 Å². The number of benzene rings is 1. The fraction of sp³-hybridized carbons (Fsp3) is 0.200. The zero-order valence-corrected chi connectivity index (χ0v) is 8.98. The first-order valence-electron chi connectivity index (χ1n) is 3.99. The van der Waals surface area contributed by atoms with Crippen molar-refractivity contribution in [3.8, 4) is 5.75 Å². The van der Waals surface area contributed by atoms with Crippen LogP contribution in [0.4, 0.5) is 0 Å². The second kappa shape index (κ2) is 5.25. The number of hydrogen-bond acceptors (Lipinski definition) is 2. The molecule has 14 heavy (non-hydrogen) atoms. The molecule has 0 saturated heterocycles. The van der Waals surface area contributed by atoms with Gasteiger partial charge in [0.05, 0.1) is 6.61 Å². The highest BCUT2D eigenvalue weighted by Gasteiger charge is 2.03. The van der Waals surface area contributed by atoms with E-state index >= 15 is 0 Å². The van der Waals surface area contributed by atoms with Crippen LogP contribution in [0.15, 0.2) is 29.8 Å². The molecule has 0 aromatic heterocycles. The molecule has 4 heteroatoms. The van der Waals surface area contributed by atoms with Gasteiger partial charge in [0.15, 0.2) is 0 Å². The Bertz CT molecular complexity index is 337. The lowest BCUT2D eigenvalue weighted by Crippen LogP contribution is -1.99. The average Bonchev–Trinajstić information content (AvgIpc) is 2.15. The van der Waals surface area contributed by atoms with Gasteiger partial charge in [0.25, 0.3) is 0 Å². The maximum Gasteiger partial charge on any atom is 0.125 e. The van der Waals surface area contributed by atoms with Crippen molar-refractivity contribution in [1.29, 1.82) is 0 Å². The summed E-state index contributed by atoms with van der Waals surface area (Å²) in [6.45, 7) is 3.59. The molecule has 1 aromatic rings. The predicted octanol–water partition coefficient (Wildman–Crippen LogP) is 2.96. The molecule has 76 valence electrons. The van der Waals surface area contributed by atoms with Gasteiger partial charge >= 0.3 is 0 Å². The smallest absolute Gasteiger partial charge is 0.125 e. The molecule has 0 radical (unpaired) electrons. The Balaban J connectivity index is 2.80. The minimum atomic E-state index is -0.120. The van der Waals surface area contributed by atoms with E-state index in [1.807, 2.05) is 0 Å². The van der Waals surface area contributed by atoms with Gasteiger partial charge in [0.2, 0.25) is 0 Å². The SMILES string of the molecule is C=C(Cl)COc1ccc(Cl)cc1CO. The Morgan fingerprint density at radius 2 is 2.21 bits per heavy atom. The standard InChI is InChI=1S/C10H10Cl2O2/c1-7(11)6-14-10-3-2-9(12)4-8(10)5-13/h2-4,13H,1,5-6H2.